The molecule has 0 aromatic rings. The number of fused-ring (bicyclic) bond motifs is 1. The number of piperidine rings is 2. The standard InChI is InChI=1S/C15H30N2O2/c1-9(2)11-8-16-12-6-7-13(19-5)17-15(12)14(11)10(3)18-4/h9-17H,6-8H2,1-5H3/t10-,11?,12?,13?,14?,15?/m1/s1. The molecular weight excluding hydrogens is 240 g/mol. The first-order chi connectivity index (χ1) is 9.08. The van der Waals surface area contributed by atoms with Gasteiger partial charge in [0.15, 0.2) is 0 Å². The van der Waals surface area contributed by atoms with Crippen LogP contribution in [0.3, 0.4) is 0 Å². The normalized spacial score (nSPS) is 41.1. The lowest BCUT2D eigenvalue weighted by atomic mass is 9.69. The van der Waals surface area contributed by atoms with Crippen LogP contribution in [-0.4, -0.2) is 45.2 Å². The molecule has 2 saturated heterocycles. The van der Waals surface area contributed by atoms with Crippen LogP contribution in [-0.2, 0) is 9.47 Å². The van der Waals surface area contributed by atoms with Crippen molar-refractivity contribution in [2.75, 3.05) is 20.8 Å². The van der Waals surface area contributed by atoms with Crippen LogP contribution < -0.4 is 10.6 Å². The highest BCUT2D eigenvalue weighted by Gasteiger charge is 2.45. The average molecular weight is 270 g/mol. The molecule has 0 saturated carbocycles. The Kier molecular flexibility index (Phi) is 5.23. The molecule has 2 rings (SSSR count). The van der Waals surface area contributed by atoms with Gasteiger partial charge in [0, 0.05) is 32.2 Å². The van der Waals surface area contributed by atoms with E-state index in [1.54, 1.807) is 7.11 Å². The second kappa shape index (κ2) is 6.53. The molecule has 6 atom stereocenters. The monoisotopic (exact) mass is 270 g/mol. The predicted molar refractivity (Wildman–Crippen MR) is 77.0 cm³/mol. The highest BCUT2D eigenvalue weighted by atomic mass is 16.5. The third-order valence-corrected chi connectivity index (χ3v) is 5.13. The molecule has 0 aliphatic carbocycles. The lowest BCUT2D eigenvalue weighted by molar-refractivity contribution is -0.0577. The molecule has 0 aromatic carbocycles. The summed E-state index contributed by atoms with van der Waals surface area (Å²) in [5, 5.41) is 7.42. The Morgan fingerprint density at radius 1 is 1.11 bits per heavy atom. The molecule has 0 spiro atoms. The number of hydrogen-bond donors (Lipinski definition) is 2. The number of ether oxygens (including phenoxy) is 2. The summed E-state index contributed by atoms with van der Waals surface area (Å²) in [6, 6.07) is 1.01. The Bertz CT molecular complexity index is 285. The average Bonchev–Trinajstić information content (AvgIpc) is 2.44. The van der Waals surface area contributed by atoms with E-state index in [2.05, 4.69) is 31.4 Å². The molecule has 0 bridgehead atoms. The van der Waals surface area contributed by atoms with Crippen molar-refractivity contribution < 1.29 is 9.47 Å². The number of hydrogen-bond acceptors (Lipinski definition) is 4. The second-order valence-corrected chi connectivity index (χ2v) is 6.43. The summed E-state index contributed by atoms with van der Waals surface area (Å²) in [4.78, 5) is 0. The third kappa shape index (κ3) is 3.13. The zero-order valence-electron chi connectivity index (χ0n) is 13.0. The molecule has 4 heteroatoms. The van der Waals surface area contributed by atoms with Crippen LogP contribution in [0.2, 0.25) is 0 Å². The van der Waals surface area contributed by atoms with E-state index in [9.17, 15) is 0 Å². The first-order valence-electron chi connectivity index (χ1n) is 7.63. The molecule has 2 N–H and O–H groups in total. The van der Waals surface area contributed by atoms with E-state index in [0.29, 0.717) is 29.8 Å². The maximum absolute atomic E-state index is 5.68. The zero-order chi connectivity index (χ0) is 14.0. The van der Waals surface area contributed by atoms with Crippen LogP contribution in [0.4, 0.5) is 0 Å². The Balaban J connectivity index is 2.17. The van der Waals surface area contributed by atoms with Crippen LogP contribution >= 0.6 is 0 Å². The van der Waals surface area contributed by atoms with Crippen molar-refractivity contribution in [1.82, 2.24) is 10.6 Å². The first kappa shape index (κ1) is 15.2. The van der Waals surface area contributed by atoms with Crippen LogP contribution in [0.5, 0.6) is 0 Å². The van der Waals surface area contributed by atoms with Crippen molar-refractivity contribution in [3.63, 3.8) is 0 Å². The molecule has 0 aromatic heterocycles. The van der Waals surface area contributed by atoms with Gasteiger partial charge in [-0.1, -0.05) is 13.8 Å². The van der Waals surface area contributed by atoms with Crippen LogP contribution in [0.25, 0.3) is 0 Å². The van der Waals surface area contributed by atoms with Gasteiger partial charge in [-0.15, -0.1) is 0 Å². The molecule has 0 radical (unpaired) electrons. The molecule has 19 heavy (non-hydrogen) atoms. The van der Waals surface area contributed by atoms with Gasteiger partial charge in [0.05, 0.1) is 6.10 Å². The van der Waals surface area contributed by atoms with Gasteiger partial charge in [-0.25, -0.2) is 0 Å². The molecular formula is C15H30N2O2. The van der Waals surface area contributed by atoms with Gasteiger partial charge in [-0.3, -0.25) is 5.32 Å². The predicted octanol–water partition coefficient (Wildman–Crippen LogP) is 1.61. The maximum Gasteiger partial charge on any atom is 0.108 e. The molecule has 5 unspecified atom stereocenters. The molecule has 2 heterocycles. The number of rotatable bonds is 4. The minimum Gasteiger partial charge on any atom is -0.381 e. The molecule has 4 nitrogen and oxygen atoms in total. The van der Waals surface area contributed by atoms with E-state index in [4.69, 9.17) is 9.47 Å². The fourth-order valence-corrected chi connectivity index (χ4v) is 3.89. The highest BCUT2D eigenvalue weighted by Crippen LogP contribution is 2.35. The van der Waals surface area contributed by atoms with Gasteiger partial charge in [0.2, 0.25) is 0 Å². The van der Waals surface area contributed by atoms with E-state index >= 15 is 0 Å². The van der Waals surface area contributed by atoms with E-state index in [1.165, 1.54) is 6.42 Å². The van der Waals surface area contributed by atoms with Crippen molar-refractivity contribution >= 4 is 0 Å². The van der Waals surface area contributed by atoms with Gasteiger partial charge in [0.1, 0.15) is 6.23 Å². The fraction of sp³-hybridized carbons (Fsp3) is 1.00. The topological polar surface area (TPSA) is 42.5 Å². The Labute approximate surface area is 117 Å². The summed E-state index contributed by atoms with van der Waals surface area (Å²) >= 11 is 0. The largest absolute Gasteiger partial charge is 0.381 e. The summed E-state index contributed by atoms with van der Waals surface area (Å²) in [6.45, 7) is 7.95. The van der Waals surface area contributed by atoms with Gasteiger partial charge in [-0.05, 0) is 38.1 Å². The van der Waals surface area contributed by atoms with E-state index in [1.807, 2.05) is 7.11 Å². The van der Waals surface area contributed by atoms with Crippen LogP contribution in [0.1, 0.15) is 33.6 Å². The summed E-state index contributed by atoms with van der Waals surface area (Å²) < 4.78 is 11.2. The SMILES string of the molecule is COC1CCC2NCC(C(C)C)C([C@@H](C)OC)C2N1. The minimum atomic E-state index is 0.195. The Morgan fingerprint density at radius 3 is 2.42 bits per heavy atom. The summed E-state index contributed by atoms with van der Waals surface area (Å²) in [6.07, 6.45) is 2.75. The third-order valence-electron chi connectivity index (χ3n) is 5.13. The maximum atomic E-state index is 5.68. The molecule has 2 fully saturated rings. The van der Waals surface area contributed by atoms with Crippen molar-refractivity contribution in [1.29, 1.82) is 0 Å². The molecule has 2 aliphatic heterocycles. The quantitative estimate of drug-likeness (QED) is 0.814. The lowest BCUT2D eigenvalue weighted by Crippen LogP contribution is -2.67. The minimum absolute atomic E-state index is 0.195. The summed E-state index contributed by atoms with van der Waals surface area (Å²) in [7, 11) is 3.62. The summed E-state index contributed by atoms with van der Waals surface area (Å²) in [5.41, 5.74) is 0. The zero-order valence-corrected chi connectivity index (χ0v) is 13.0. The highest BCUT2D eigenvalue weighted by molar-refractivity contribution is 5.01. The summed E-state index contributed by atoms with van der Waals surface area (Å²) in [5.74, 6) is 1.87. The van der Waals surface area contributed by atoms with Crippen molar-refractivity contribution in [3.8, 4) is 0 Å². The van der Waals surface area contributed by atoms with Gasteiger partial charge < -0.3 is 14.8 Å². The molecule has 2 aliphatic rings. The van der Waals surface area contributed by atoms with Gasteiger partial charge in [0.25, 0.3) is 0 Å². The molecule has 0 amide bonds. The van der Waals surface area contributed by atoms with Crippen molar-refractivity contribution in [3.05, 3.63) is 0 Å². The van der Waals surface area contributed by atoms with Crippen LogP contribution in [0, 0.1) is 17.8 Å². The van der Waals surface area contributed by atoms with Gasteiger partial charge >= 0.3 is 0 Å². The van der Waals surface area contributed by atoms with E-state index in [0.717, 1.165) is 13.0 Å². The first-order valence-corrected chi connectivity index (χ1v) is 7.63. The van der Waals surface area contributed by atoms with E-state index in [-0.39, 0.29) is 12.3 Å². The Morgan fingerprint density at radius 2 is 1.84 bits per heavy atom. The van der Waals surface area contributed by atoms with Gasteiger partial charge in [-0.2, -0.15) is 0 Å². The number of nitrogens with one attached hydrogen (secondary N) is 2. The number of methoxy groups -OCH3 is 2. The van der Waals surface area contributed by atoms with Crippen molar-refractivity contribution in [2.24, 2.45) is 17.8 Å². The van der Waals surface area contributed by atoms with Crippen molar-refractivity contribution in [2.45, 2.75) is 58.0 Å². The van der Waals surface area contributed by atoms with E-state index < -0.39 is 0 Å². The Hall–Kier alpha value is -0.160. The smallest absolute Gasteiger partial charge is 0.108 e. The second-order valence-electron chi connectivity index (χ2n) is 6.43. The lowest BCUT2D eigenvalue weighted by Gasteiger charge is -2.51. The van der Waals surface area contributed by atoms with Crippen LogP contribution in [0.15, 0.2) is 0 Å². The molecule has 112 valence electrons. The fourth-order valence-electron chi connectivity index (χ4n) is 3.89.